The van der Waals surface area contributed by atoms with Crippen molar-refractivity contribution >= 4 is 17.4 Å². The van der Waals surface area contributed by atoms with Gasteiger partial charge in [-0.2, -0.15) is 0 Å². The minimum absolute atomic E-state index is 0.0900. The van der Waals surface area contributed by atoms with Crippen LogP contribution in [0.2, 0.25) is 5.02 Å². The number of hydrogen-bond donors (Lipinski definition) is 1. The number of benzene rings is 1. The Morgan fingerprint density at radius 1 is 1.37 bits per heavy atom. The maximum absolute atomic E-state index is 12.3. The first-order chi connectivity index (χ1) is 9.06. The van der Waals surface area contributed by atoms with Crippen molar-refractivity contribution in [3.05, 3.63) is 34.9 Å². The van der Waals surface area contributed by atoms with Gasteiger partial charge in [-0.15, -0.1) is 0 Å². The minimum atomic E-state index is -0.160. The fraction of sp³-hybridized carbons (Fsp3) is 0.533. The number of hydrogen-bond acceptors (Lipinski definition) is 3. The maximum atomic E-state index is 12.3. The van der Waals surface area contributed by atoms with Gasteiger partial charge in [-0.25, -0.2) is 0 Å². The standard InChI is InChI=1S/C15H22ClNO2/c1-12(17(2)9-4-3-5-10-18)15(19)13-7-6-8-14(16)11-13/h6-8,11-12,18H,3-5,9-10H2,1-2H3. The number of ketones is 1. The molecule has 0 aliphatic rings. The van der Waals surface area contributed by atoms with Crippen LogP contribution in [0.5, 0.6) is 0 Å². The van der Waals surface area contributed by atoms with E-state index in [2.05, 4.69) is 0 Å². The van der Waals surface area contributed by atoms with Crippen LogP contribution in [-0.2, 0) is 0 Å². The average Bonchev–Trinajstić information content (AvgIpc) is 2.41. The molecular formula is C15H22ClNO2. The molecule has 4 heteroatoms. The lowest BCUT2D eigenvalue weighted by molar-refractivity contribution is 0.0866. The van der Waals surface area contributed by atoms with Crippen LogP contribution >= 0.6 is 11.6 Å². The predicted molar refractivity (Wildman–Crippen MR) is 78.8 cm³/mol. The van der Waals surface area contributed by atoms with Crippen molar-refractivity contribution < 1.29 is 9.90 Å². The summed E-state index contributed by atoms with van der Waals surface area (Å²) in [7, 11) is 1.95. The molecule has 1 N–H and O–H groups in total. The van der Waals surface area contributed by atoms with Gasteiger partial charge in [-0.3, -0.25) is 9.69 Å². The molecule has 1 rings (SSSR count). The Morgan fingerprint density at radius 2 is 2.11 bits per heavy atom. The van der Waals surface area contributed by atoms with Gasteiger partial charge in [0.05, 0.1) is 6.04 Å². The van der Waals surface area contributed by atoms with E-state index >= 15 is 0 Å². The molecule has 0 saturated carbocycles. The molecule has 0 spiro atoms. The molecule has 1 unspecified atom stereocenters. The van der Waals surface area contributed by atoms with Crippen molar-refractivity contribution in [3.63, 3.8) is 0 Å². The van der Waals surface area contributed by atoms with Crippen LogP contribution in [0.4, 0.5) is 0 Å². The molecule has 0 heterocycles. The minimum Gasteiger partial charge on any atom is -0.396 e. The van der Waals surface area contributed by atoms with Gasteiger partial charge in [0.15, 0.2) is 5.78 Å². The van der Waals surface area contributed by atoms with Gasteiger partial charge in [-0.05, 0) is 51.9 Å². The molecule has 1 aromatic rings. The molecule has 0 radical (unpaired) electrons. The zero-order chi connectivity index (χ0) is 14.3. The third-order valence-corrected chi connectivity index (χ3v) is 3.55. The number of unbranched alkanes of at least 4 members (excludes halogenated alkanes) is 2. The third-order valence-electron chi connectivity index (χ3n) is 3.32. The highest BCUT2D eigenvalue weighted by atomic mass is 35.5. The second kappa shape index (κ2) is 8.31. The molecule has 1 aromatic carbocycles. The fourth-order valence-corrected chi connectivity index (χ4v) is 2.12. The van der Waals surface area contributed by atoms with E-state index in [-0.39, 0.29) is 18.4 Å². The van der Waals surface area contributed by atoms with E-state index in [1.807, 2.05) is 18.9 Å². The number of aliphatic hydroxyl groups excluding tert-OH is 1. The van der Waals surface area contributed by atoms with Gasteiger partial charge in [0.2, 0.25) is 0 Å². The van der Waals surface area contributed by atoms with Crippen LogP contribution in [0.1, 0.15) is 36.5 Å². The van der Waals surface area contributed by atoms with Crippen molar-refractivity contribution in [2.45, 2.75) is 32.2 Å². The quantitative estimate of drug-likeness (QED) is 0.589. The van der Waals surface area contributed by atoms with Crippen LogP contribution in [0.3, 0.4) is 0 Å². The van der Waals surface area contributed by atoms with Gasteiger partial charge < -0.3 is 5.11 Å². The van der Waals surface area contributed by atoms with Crippen molar-refractivity contribution in [2.75, 3.05) is 20.2 Å². The molecule has 0 saturated heterocycles. The molecule has 106 valence electrons. The summed E-state index contributed by atoms with van der Waals surface area (Å²) in [4.78, 5) is 14.3. The van der Waals surface area contributed by atoms with E-state index in [9.17, 15) is 4.79 Å². The lowest BCUT2D eigenvalue weighted by Crippen LogP contribution is -2.36. The normalized spacial score (nSPS) is 12.7. The van der Waals surface area contributed by atoms with E-state index in [0.29, 0.717) is 10.6 Å². The number of rotatable bonds is 8. The molecule has 0 bridgehead atoms. The summed E-state index contributed by atoms with van der Waals surface area (Å²) >= 11 is 5.90. The fourth-order valence-electron chi connectivity index (χ4n) is 1.93. The largest absolute Gasteiger partial charge is 0.396 e. The smallest absolute Gasteiger partial charge is 0.179 e. The average molecular weight is 284 g/mol. The highest BCUT2D eigenvalue weighted by Crippen LogP contribution is 2.14. The lowest BCUT2D eigenvalue weighted by atomic mass is 10.0. The Morgan fingerprint density at radius 3 is 2.74 bits per heavy atom. The molecule has 0 fully saturated rings. The first kappa shape index (κ1) is 16.2. The Hall–Kier alpha value is -0.900. The van der Waals surface area contributed by atoms with Gasteiger partial charge in [0.1, 0.15) is 0 Å². The first-order valence-corrected chi connectivity index (χ1v) is 7.05. The number of carbonyl (C=O) groups is 1. The van der Waals surface area contributed by atoms with Gasteiger partial charge in [0, 0.05) is 17.2 Å². The Bertz CT molecular complexity index is 409. The van der Waals surface area contributed by atoms with Crippen molar-refractivity contribution in [3.8, 4) is 0 Å². The first-order valence-electron chi connectivity index (χ1n) is 6.67. The Balaban J connectivity index is 2.51. The predicted octanol–water partition coefficient (Wildman–Crippen LogP) is 3.01. The van der Waals surface area contributed by atoms with Crippen LogP contribution in [0.25, 0.3) is 0 Å². The number of aliphatic hydroxyl groups is 1. The van der Waals surface area contributed by atoms with Crippen LogP contribution in [0, 0.1) is 0 Å². The Kier molecular flexibility index (Phi) is 7.06. The lowest BCUT2D eigenvalue weighted by Gasteiger charge is -2.23. The second-order valence-electron chi connectivity index (χ2n) is 4.82. The molecule has 0 amide bonds. The second-order valence-corrected chi connectivity index (χ2v) is 5.25. The highest BCUT2D eigenvalue weighted by molar-refractivity contribution is 6.31. The van der Waals surface area contributed by atoms with Crippen LogP contribution < -0.4 is 0 Å². The van der Waals surface area contributed by atoms with E-state index in [4.69, 9.17) is 16.7 Å². The van der Waals surface area contributed by atoms with Crippen molar-refractivity contribution in [1.29, 1.82) is 0 Å². The molecule has 19 heavy (non-hydrogen) atoms. The summed E-state index contributed by atoms with van der Waals surface area (Å²) in [6.07, 6.45) is 2.80. The van der Waals surface area contributed by atoms with Gasteiger partial charge in [0.25, 0.3) is 0 Å². The summed E-state index contributed by atoms with van der Waals surface area (Å²) in [5.41, 5.74) is 0.655. The highest BCUT2D eigenvalue weighted by Gasteiger charge is 2.19. The molecule has 0 aliphatic heterocycles. The van der Waals surface area contributed by atoms with Gasteiger partial charge >= 0.3 is 0 Å². The summed E-state index contributed by atoms with van der Waals surface area (Å²) < 4.78 is 0. The summed E-state index contributed by atoms with van der Waals surface area (Å²) in [5, 5.41) is 9.31. The SMILES string of the molecule is CC(C(=O)c1cccc(Cl)c1)N(C)CCCCCO. The van der Waals surface area contributed by atoms with Crippen LogP contribution in [0.15, 0.2) is 24.3 Å². The number of Topliss-reactive ketones (excluding diaryl/α,β-unsaturated/α-hetero) is 1. The molecule has 3 nitrogen and oxygen atoms in total. The monoisotopic (exact) mass is 283 g/mol. The van der Waals surface area contributed by atoms with E-state index in [1.54, 1.807) is 24.3 Å². The number of nitrogens with zero attached hydrogens (tertiary/aromatic N) is 1. The molecule has 0 aliphatic carbocycles. The zero-order valence-electron chi connectivity index (χ0n) is 11.6. The zero-order valence-corrected chi connectivity index (χ0v) is 12.4. The Labute approximate surface area is 120 Å². The van der Waals surface area contributed by atoms with E-state index in [0.717, 1.165) is 25.8 Å². The van der Waals surface area contributed by atoms with Crippen molar-refractivity contribution in [2.24, 2.45) is 0 Å². The molecular weight excluding hydrogens is 262 g/mol. The summed E-state index contributed by atoms with van der Waals surface area (Å²) in [6.45, 7) is 3.00. The van der Waals surface area contributed by atoms with Gasteiger partial charge in [-0.1, -0.05) is 23.7 Å². The number of halogens is 1. The molecule has 0 aromatic heterocycles. The summed E-state index contributed by atoms with van der Waals surface area (Å²) in [6, 6.07) is 6.91. The van der Waals surface area contributed by atoms with Crippen LogP contribution in [-0.4, -0.2) is 42.0 Å². The van der Waals surface area contributed by atoms with E-state index < -0.39 is 0 Å². The number of carbonyl (C=O) groups excluding carboxylic acids is 1. The van der Waals surface area contributed by atoms with E-state index in [1.165, 1.54) is 0 Å². The third kappa shape index (κ3) is 5.31. The maximum Gasteiger partial charge on any atom is 0.179 e. The molecule has 1 atom stereocenters. The summed E-state index contributed by atoms with van der Waals surface area (Å²) in [5.74, 6) is 0.0900. The number of likely N-dealkylation sites (N-methyl/N-ethyl adjacent to an activating group) is 1. The topological polar surface area (TPSA) is 40.5 Å². The van der Waals surface area contributed by atoms with Crippen molar-refractivity contribution in [1.82, 2.24) is 4.90 Å².